The van der Waals surface area contributed by atoms with E-state index in [1.165, 1.54) is 5.56 Å². The summed E-state index contributed by atoms with van der Waals surface area (Å²) in [6.45, 7) is 4.07. The highest BCUT2D eigenvalue weighted by molar-refractivity contribution is 6.30. The Morgan fingerprint density at radius 2 is 1.61 bits per heavy atom. The maximum absolute atomic E-state index is 12.5. The highest BCUT2D eigenvalue weighted by atomic mass is 35.5. The molecule has 1 saturated heterocycles. The van der Waals surface area contributed by atoms with Crippen LogP contribution in [-0.2, 0) is 6.54 Å². The summed E-state index contributed by atoms with van der Waals surface area (Å²) in [5, 5.41) is 1.41. The molecule has 1 fully saturated rings. The van der Waals surface area contributed by atoms with Crippen LogP contribution in [0, 0.1) is 0 Å². The van der Waals surface area contributed by atoms with Gasteiger partial charge < -0.3 is 4.90 Å². The second kappa shape index (κ2) is 7.35. The number of nitrogens with zero attached hydrogens (tertiary/aromatic N) is 2. The Morgan fingerprint density at radius 1 is 0.913 bits per heavy atom. The van der Waals surface area contributed by atoms with Crippen LogP contribution in [0.4, 0.5) is 0 Å². The molecule has 1 aliphatic rings. The van der Waals surface area contributed by atoms with Gasteiger partial charge in [0.1, 0.15) is 0 Å². The minimum absolute atomic E-state index is 0.0732. The van der Waals surface area contributed by atoms with Gasteiger partial charge in [-0.25, -0.2) is 0 Å². The summed E-state index contributed by atoms with van der Waals surface area (Å²) in [5.41, 5.74) is 1.90. The van der Waals surface area contributed by atoms with Crippen molar-refractivity contribution in [1.82, 2.24) is 9.80 Å². The number of carbonyl (C=O) groups is 1. The molecule has 0 aliphatic carbocycles. The first kappa shape index (κ1) is 16.3. The van der Waals surface area contributed by atoms with Crippen molar-refractivity contribution in [3.8, 4) is 0 Å². The van der Waals surface area contributed by atoms with Crippen LogP contribution in [0.1, 0.15) is 15.9 Å². The first-order valence-electron chi connectivity index (χ1n) is 7.63. The smallest absolute Gasteiger partial charge is 0.253 e. The van der Waals surface area contributed by atoms with Crippen LogP contribution in [0.25, 0.3) is 0 Å². The largest absolute Gasteiger partial charge is 0.336 e. The van der Waals surface area contributed by atoms with Crippen LogP contribution in [0.3, 0.4) is 0 Å². The number of piperazine rings is 1. The van der Waals surface area contributed by atoms with E-state index in [4.69, 9.17) is 23.2 Å². The van der Waals surface area contributed by atoms with Crippen molar-refractivity contribution < 1.29 is 4.79 Å². The van der Waals surface area contributed by atoms with Gasteiger partial charge in [0.15, 0.2) is 0 Å². The molecule has 0 radical (unpaired) electrons. The first-order valence-corrected chi connectivity index (χ1v) is 8.39. The zero-order valence-corrected chi connectivity index (χ0v) is 14.2. The lowest BCUT2D eigenvalue weighted by atomic mass is 10.1. The topological polar surface area (TPSA) is 23.6 Å². The van der Waals surface area contributed by atoms with Gasteiger partial charge in [-0.15, -0.1) is 0 Å². The molecule has 0 atom stereocenters. The molecule has 0 aromatic heterocycles. The summed E-state index contributed by atoms with van der Waals surface area (Å²) in [4.78, 5) is 16.7. The summed E-state index contributed by atoms with van der Waals surface area (Å²) < 4.78 is 0. The van der Waals surface area contributed by atoms with E-state index in [2.05, 4.69) is 11.0 Å². The third kappa shape index (κ3) is 4.25. The van der Waals surface area contributed by atoms with E-state index in [-0.39, 0.29) is 5.91 Å². The molecule has 120 valence electrons. The van der Waals surface area contributed by atoms with E-state index in [0.717, 1.165) is 37.7 Å². The van der Waals surface area contributed by atoms with Gasteiger partial charge >= 0.3 is 0 Å². The second-order valence-corrected chi connectivity index (χ2v) is 6.58. The van der Waals surface area contributed by atoms with Crippen LogP contribution >= 0.6 is 23.2 Å². The third-order valence-electron chi connectivity index (χ3n) is 4.05. The Hall–Kier alpha value is -1.55. The van der Waals surface area contributed by atoms with Crippen molar-refractivity contribution >= 4 is 29.1 Å². The Morgan fingerprint density at radius 3 is 2.26 bits per heavy atom. The Bertz CT molecular complexity index is 680. The Labute approximate surface area is 146 Å². The molecular weight excluding hydrogens is 331 g/mol. The standard InChI is InChI=1S/C18H18Cl2N2O/c19-16-6-4-15(5-7-16)18(23)22-10-8-21(9-11-22)13-14-2-1-3-17(20)12-14/h1-7,12H,8-11,13H2. The molecule has 1 amide bonds. The molecule has 0 spiro atoms. The lowest BCUT2D eigenvalue weighted by Crippen LogP contribution is -2.48. The summed E-state index contributed by atoms with van der Waals surface area (Å²) in [5.74, 6) is 0.0732. The predicted octanol–water partition coefficient (Wildman–Crippen LogP) is 3.95. The SMILES string of the molecule is O=C(c1ccc(Cl)cc1)N1CCN(Cc2cccc(Cl)c2)CC1. The van der Waals surface area contributed by atoms with Crippen LogP contribution in [-0.4, -0.2) is 41.9 Å². The van der Waals surface area contributed by atoms with Gasteiger partial charge in [0.05, 0.1) is 0 Å². The highest BCUT2D eigenvalue weighted by Crippen LogP contribution is 2.16. The zero-order chi connectivity index (χ0) is 16.2. The van der Waals surface area contributed by atoms with Crippen molar-refractivity contribution in [2.45, 2.75) is 6.54 Å². The minimum Gasteiger partial charge on any atom is -0.336 e. The van der Waals surface area contributed by atoms with Gasteiger partial charge in [0, 0.05) is 48.3 Å². The summed E-state index contributed by atoms with van der Waals surface area (Å²) in [6, 6.07) is 15.0. The first-order chi connectivity index (χ1) is 11.1. The second-order valence-electron chi connectivity index (χ2n) is 5.71. The summed E-state index contributed by atoms with van der Waals surface area (Å²) in [6.07, 6.45) is 0. The van der Waals surface area contributed by atoms with Gasteiger partial charge in [0.25, 0.3) is 5.91 Å². The molecule has 5 heteroatoms. The fourth-order valence-electron chi connectivity index (χ4n) is 2.78. The number of rotatable bonds is 3. The maximum atomic E-state index is 12.5. The zero-order valence-electron chi connectivity index (χ0n) is 12.7. The molecule has 0 saturated carbocycles. The third-order valence-corrected chi connectivity index (χ3v) is 4.53. The molecule has 2 aromatic carbocycles. The number of carbonyl (C=O) groups excluding carboxylic acids is 1. The molecule has 0 bridgehead atoms. The van der Waals surface area contributed by atoms with Gasteiger partial charge in [-0.2, -0.15) is 0 Å². The van der Waals surface area contributed by atoms with Crippen LogP contribution in [0.2, 0.25) is 10.0 Å². The van der Waals surface area contributed by atoms with Gasteiger partial charge in [-0.1, -0.05) is 35.3 Å². The molecule has 2 aromatic rings. The molecular formula is C18H18Cl2N2O. The lowest BCUT2D eigenvalue weighted by Gasteiger charge is -2.34. The fraction of sp³-hybridized carbons (Fsp3) is 0.278. The lowest BCUT2D eigenvalue weighted by molar-refractivity contribution is 0.0628. The summed E-state index contributed by atoms with van der Waals surface area (Å²) >= 11 is 11.9. The fourth-order valence-corrected chi connectivity index (χ4v) is 3.12. The molecule has 1 aliphatic heterocycles. The van der Waals surface area contributed by atoms with E-state index in [9.17, 15) is 4.79 Å². The Kier molecular flexibility index (Phi) is 5.21. The number of halogens is 2. The minimum atomic E-state index is 0.0732. The van der Waals surface area contributed by atoms with Crippen molar-refractivity contribution in [1.29, 1.82) is 0 Å². The van der Waals surface area contributed by atoms with E-state index < -0.39 is 0 Å². The number of hydrogen-bond donors (Lipinski definition) is 0. The van der Waals surface area contributed by atoms with Gasteiger partial charge in [-0.3, -0.25) is 9.69 Å². The number of hydrogen-bond acceptors (Lipinski definition) is 2. The Balaban J connectivity index is 1.55. The van der Waals surface area contributed by atoms with Crippen molar-refractivity contribution in [3.05, 3.63) is 69.7 Å². The average Bonchev–Trinajstić information content (AvgIpc) is 2.56. The summed E-state index contributed by atoms with van der Waals surface area (Å²) in [7, 11) is 0. The molecule has 23 heavy (non-hydrogen) atoms. The van der Waals surface area contributed by atoms with E-state index in [1.807, 2.05) is 23.1 Å². The van der Waals surface area contributed by atoms with Crippen molar-refractivity contribution in [3.63, 3.8) is 0 Å². The van der Waals surface area contributed by atoms with Crippen LogP contribution in [0.5, 0.6) is 0 Å². The van der Waals surface area contributed by atoms with Crippen molar-refractivity contribution in [2.75, 3.05) is 26.2 Å². The maximum Gasteiger partial charge on any atom is 0.253 e. The monoisotopic (exact) mass is 348 g/mol. The van der Waals surface area contributed by atoms with E-state index >= 15 is 0 Å². The number of amides is 1. The predicted molar refractivity (Wildman–Crippen MR) is 94.1 cm³/mol. The van der Waals surface area contributed by atoms with Crippen molar-refractivity contribution in [2.24, 2.45) is 0 Å². The molecule has 3 rings (SSSR count). The highest BCUT2D eigenvalue weighted by Gasteiger charge is 2.22. The molecule has 3 nitrogen and oxygen atoms in total. The molecule has 0 unspecified atom stereocenters. The van der Waals surface area contributed by atoms with Gasteiger partial charge in [0.2, 0.25) is 0 Å². The molecule has 1 heterocycles. The normalized spacial score (nSPS) is 15.7. The molecule has 0 N–H and O–H groups in total. The van der Waals surface area contributed by atoms with E-state index in [1.54, 1.807) is 24.3 Å². The quantitative estimate of drug-likeness (QED) is 0.838. The van der Waals surface area contributed by atoms with Crippen LogP contribution in [0.15, 0.2) is 48.5 Å². The van der Waals surface area contributed by atoms with Gasteiger partial charge in [-0.05, 0) is 42.0 Å². The van der Waals surface area contributed by atoms with Crippen LogP contribution < -0.4 is 0 Å². The van der Waals surface area contributed by atoms with E-state index in [0.29, 0.717) is 10.6 Å². The average molecular weight is 349 g/mol. The number of benzene rings is 2.